The highest BCUT2D eigenvalue weighted by Gasteiger charge is 2.39. The summed E-state index contributed by atoms with van der Waals surface area (Å²) in [6, 6.07) is 4.10. The van der Waals surface area contributed by atoms with Gasteiger partial charge in [0, 0.05) is 68.1 Å². The number of aromatic nitrogens is 2. The van der Waals surface area contributed by atoms with Gasteiger partial charge in [-0.25, -0.2) is 4.98 Å². The lowest BCUT2D eigenvalue weighted by Crippen LogP contribution is -2.46. The van der Waals surface area contributed by atoms with Gasteiger partial charge < -0.3 is 14.8 Å². The van der Waals surface area contributed by atoms with Crippen LogP contribution in [-0.4, -0.2) is 50.7 Å². The number of hydrogen-bond donors (Lipinski definition) is 1. The first-order valence-electron chi connectivity index (χ1n) is 10.6. The van der Waals surface area contributed by atoms with Crippen molar-refractivity contribution in [2.45, 2.75) is 50.5 Å². The molecule has 160 valence electrons. The molecular formula is C22H28N4O3S. The molecule has 0 spiro atoms. The smallest absolute Gasteiger partial charge is 0.222 e. The van der Waals surface area contributed by atoms with E-state index in [4.69, 9.17) is 0 Å². The third-order valence-corrected chi connectivity index (χ3v) is 7.21. The third kappa shape index (κ3) is 4.48. The Morgan fingerprint density at radius 2 is 2.27 bits per heavy atom. The lowest BCUT2D eigenvalue weighted by atomic mass is 9.87. The molecule has 2 amide bonds. The predicted molar refractivity (Wildman–Crippen MR) is 114 cm³/mol. The minimum absolute atomic E-state index is 0.0113. The van der Waals surface area contributed by atoms with Gasteiger partial charge in [0.15, 0.2) is 5.82 Å². The number of nitrogens with one attached hydrogen (secondary N) is 1. The van der Waals surface area contributed by atoms with Gasteiger partial charge in [-0.05, 0) is 37.1 Å². The molecule has 2 aliphatic heterocycles. The molecule has 7 nitrogen and oxygen atoms in total. The Morgan fingerprint density at radius 3 is 2.93 bits per heavy atom. The Labute approximate surface area is 180 Å². The minimum atomic E-state index is -0.338. The zero-order valence-electron chi connectivity index (χ0n) is 17.3. The van der Waals surface area contributed by atoms with Crippen molar-refractivity contribution in [3.8, 4) is 0 Å². The standard InChI is InChI=1S/C22H28N4O3S/c1-25-12-10-23-21(25)20(29)16-4-2-11-26(15-16)19(28)7-9-22(8-6-18(27)24-22)14-17-5-3-13-30-17/h3,5,10,12-13,16H,2,4,6-9,11,14-15H2,1H3,(H,24,27). The SMILES string of the molecule is Cn1ccnc1C(=O)C1CCCN(C(=O)CCC2(Cc3cccs3)CCC(=O)N2)C1. The summed E-state index contributed by atoms with van der Waals surface area (Å²) in [4.78, 5) is 45.0. The molecule has 8 heteroatoms. The molecular weight excluding hydrogens is 400 g/mol. The van der Waals surface area contributed by atoms with Gasteiger partial charge in [0.25, 0.3) is 0 Å². The summed E-state index contributed by atoms with van der Waals surface area (Å²) in [5, 5.41) is 5.19. The predicted octanol–water partition coefficient (Wildman–Crippen LogP) is 2.57. The average Bonchev–Trinajstić information content (AvgIpc) is 3.49. The van der Waals surface area contributed by atoms with Crippen LogP contribution in [0, 0.1) is 5.92 Å². The molecule has 2 aromatic rings. The fraction of sp³-hybridized carbons (Fsp3) is 0.545. The second-order valence-corrected chi connectivity index (χ2v) is 9.52. The molecule has 2 aliphatic rings. The summed E-state index contributed by atoms with van der Waals surface area (Å²) in [7, 11) is 1.81. The number of rotatable bonds is 7. The fourth-order valence-corrected chi connectivity index (χ4v) is 5.49. The van der Waals surface area contributed by atoms with Crippen molar-refractivity contribution in [1.82, 2.24) is 19.8 Å². The van der Waals surface area contributed by atoms with Crippen molar-refractivity contribution in [2.24, 2.45) is 13.0 Å². The van der Waals surface area contributed by atoms with Crippen LogP contribution < -0.4 is 5.32 Å². The van der Waals surface area contributed by atoms with E-state index in [1.807, 2.05) is 23.4 Å². The van der Waals surface area contributed by atoms with E-state index in [-0.39, 0.29) is 29.1 Å². The van der Waals surface area contributed by atoms with Gasteiger partial charge in [-0.15, -0.1) is 11.3 Å². The van der Waals surface area contributed by atoms with E-state index in [1.54, 1.807) is 28.3 Å². The van der Waals surface area contributed by atoms with Gasteiger partial charge in [-0.1, -0.05) is 6.07 Å². The Kier molecular flexibility index (Phi) is 6.04. The molecule has 0 aliphatic carbocycles. The van der Waals surface area contributed by atoms with Crippen LogP contribution in [0.4, 0.5) is 0 Å². The number of nitrogens with zero attached hydrogens (tertiary/aromatic N) is 3. The van der Waals surface area contributed by atoms with Crippen LogP contribution in [0.2, 0.25) is 0 Å². The number of amides is 2. The number of Topliss-reactive ketones (excluding diaryl/α,β-unsaturated/α-hetero) is 1. The largest absolute Gasteiger partial charge is 0.350 e. The number of aryl methyl sites for hydroxylation is 1. The van der Waals surface area contributed by atoms with Crippen molar-refractivity contribution in [2.75, 3.05) is 13.1 Å². The van der Waals surface area contributed by atoms with E-state index in [1.165, 1.54) is 4.88 Å². The van der Waals surface area contributed by atoms with Gasteiger partial charge in [0.2, 0.25) is 17.6 Å². The number of thiophene rings is 1. The molecule has 4 heterocycles. The van der Waals surface area contributed by atoms with Crippen LogP contribution in [0.1, 0.15) is 54.0 Å². The second kappa shape index (κ2) is 8.71. The second-order valence-electron chi connectivity index (χ2n) is 8.49. The summed E-state index contributed by atoms with van der Waals surface area (Å²) in [6.45, 7) is 1.14. The summed E-state index contributed by atoms with van der Waals surface area (Å²) < 4.78 is 1.74. The molecule has 4 rings (SSSR count). The topological polar surface area (TPSA) is 84.3 Å². The minimum Gasteiger partial charge on any atom is -0.350 e. The van der Waals surface area contributed by atoms with Crippen molar-refractivity contribution in [3.63, 3.8) is 0 Å². The number of carbonyl (C=O) groups is 3. The number of hydrogen-bond acceptors (Lipinski definition) is 5. The summed E-state index contributed by atoms with van der Waals surface area (Å²) in [6.07, 6.45) is 8.06. The quantitative estimate of drug-likeness (QED) is 0.687. The first-order chi connectivity index (χ1) is 14.5. The van der Waals surface area contributed by atoms with E-state index in [2.05, 4.69) is 16.4 Å². The first kappa shape index (κ1) is 20.8. The zero-order chi connectivity index (χ0) is 21.1. The Balaban J connectivity index is 1.37. The molecule has 0 saturated carbocycles. The maximum Gasteiger partial charge on any atom is 0.222 e. The Hall–Kier alpha value is -2.48. The van der Waals surface area contributed by atoms with Gasteiger partial charge >= 0.3 is 0 Å². The monoisotopic (exact) mass is 428 g/mol. The molecule has 2 aromatic heterocycles. The maximum absolute atomic E-state index is 13.0. The van der Waals surface area contributed by atoms with E-state index >= 15 is 0 Å². The van der Waals surface area contributed by atoms with E-state index in [0.29, 0.717) is 38.2 Å². The first-order valence-corrected chi connectivity index (χ1v) is 11.5. The van der Waals surface area contributed by atoms with E-state index in [9.17, 15) is 14.4 Å². The summed E-state index contributed by atoms with van der Waals surface area (Å²) in [5.41, 5.74) is -0.338. The van der Waals surface area contributed by atoms with Crippen LogP contribution in [0.5, 0.6) is 0 Å². The molecule has 30 heavy (non-hydrogen) atoms. The molecule has 0 radical (unpaired) electrons. The number of likely N-dealkylation sites (tertiary alicyclic amines) is 1. The van der Waals surface area contributed by atoms with Crippen LogP contribution >= 0.6 is 11.3 Å². The lowest BCUT2D eigenvalue weighted by Gasteiger charge is -2.34. The Morgan fingerprint density at radius 1 is 1.40 bits per heavy atom. The van der Waals surface area contributed by atoms with E-state index < -0.39 is 0 Å². The van der Waals surface area contributed by atoms with Gasteiger partial charge in [-0.2, -0.15) is 0 Å². The highest BCUT2D eigenvalue weighted by Crippen LogP contribution is 2.31. The third-order valence-electron chi connectivity index (χ3n) is 6.33. The normalized spacial score (nSPS) is 24.1. The van der Waals surface area contributed by atoms with Crippen LogP contribution in [0.25, 0.3) is 0 Å². The van der Waals surface area contributed by atoms with Crippen molar-refractivity contribution >= 4 is 28.9 Å². The highest BCUT2D eigenvalue weighted by molar-refractivity contribution is 7.09. The average molecular weight is 429 g/mol. The molecule has 2 fully saturated rings. The van der Waals surface area contributed by atoms with Crippen LogP contribution in [0.3, 0.4) is 0 Å². The maximum atomic E-state index is 13.0. The lowest BCUT2D eigenvalue weighted by molar-refractivity contribution is -0.133. The van der Waals surface area contributed by atoms with Crippen molar-refractivity contribution < 1.29 is 14.4 Å². The van der Waals surface area contributed by atoms with Gasteiger partial charge in [0.1, 0.15) is 0 Å². The number of carbonyl (C=O) groups excluding carboxylic acids is 3. The number of imidazole rings is 1. The van der Waals surface area contributed by atoms with E-state index in [0.717, 1.165) is 25.7 Å². The highest BCUT2D eigenvalue weighted by atomic mass is 32.1. The Bertz CT molecular complexity index is 923. The number of piperidine rings is 1. The van der Waals surface area contributed by atoms with Gasteiger partial charge in [0.05, 0.1) is 0 Å². The molecule has 1 N–H and O–H groups in total. The molecule has 0 bridgehead atoms. The number of ketones is 1. The van der Waals surface area contributed by atoms with Gasteiger partial charge in [-0.3, -0.25) is 14.4 Å². The molecule has 2 unspecified atom stereocenters. The van der Waals surface area contributed by atoms with Crippen LogP contribution in [-0.2, 0) is 23.1 Å². The molecule has 0 aromatic carbocycles. The van der Waals surface area contributed by atoms with Crippen molar-refractivity contribution in [3.05, 3.63) is 40.6 Å². The van der Waals surface area contributed by atoms with Crippen LogP contribution in [0.15, 0.2) is 29.9 Å². The summed E-state index contributed by atoms with van der Waals surface area (Å²) in [5.74, 6) is 0.405. The zero-order valence-corrected chi connectivity index (χ0v) is 18.1. The fourth-order valence-electron chi connectivity index (χ4n) is 4.64. The summed E-state index contributed by atoms with van der Waals surface area (Å²) >= 11 is 1.68. The van der Waals surface area contributed by atoms with Crippen molar-refractivity contribution in [1.29, 1.82) is 0 Å². The molecule has 2 atom stereocenters. The molecule has 2 saturated heterocycles.